The zero-order valence-electron chi connectivity index (χ0n) is 23.2. The van der Waals surface area contributed by atoms with Crippen molar-refractivity contribution in [2.75, 3.05) is 7.11 Å². The summed E-state index contributed by atoms with van der Waals surface area (Å²) in [5.41, 5.74) is 6.90. The van der Waals surface area contributed by atoms with Crippen LogP contribution in [-0.4, -0.2) is 19.1 Å². The van der Waals surface area contributed by atoms with Crippen molar-refractivity contribution < 1.29 is 14.3 Å². The molecule has 6 rings (SSSR count). The fourth-order valence-corrected chi connectivity index (χ4v) is 6.17. The molecule has 0 radical (unpaired) electrons. The van der Waals surface area contributed by atoms with Gasteiger partial charge in [0.05, 0.1) is 5.54 Å². The Labute approximate surface area is 241 Å². The second-order valence-corrected chi connectivity index (χ2v) is 10.4. The van der Waals surface area contributed by atoms with Crippen molar-refractivity contribution in [3.8, 4) is 11.1 Å². The van der Waals surface area contributed by atoms with Crippen LogP contribution in [0, 0.1) is 0 Å². The van der Waals surface area contributed by atoms with E-state index in [0.29, 0.717) is 0 Å². The summed E-state index contributed by atoms with van der Waals surface area (Å²) in [4.78, 5) is 13.7. The highest BCUT2D eigenvalue weighted by molar-refractivity contribution is 5.83. The van der Waals surface area contributed by atoms with Gasteiger partial charge in [-0.25, -0.2) is 4.79 Å². The van der Waals surface area contributed by atoms with Gasteiger partial charge in [0.1, 0.15) is 6.10 Å². The average molecular weight is 540 g/mol. The maximum atomic E-state index is 13.7. The van der Waals surface area contributed by atoms with E-state index in [1.807, 2.05) is 66.7 Å². The molecule has 1 aliphatic rings. The van der Waals surface area contributed by atoms with E-state index in [0.717, 1.165) is 16.7 Å². The van der Waals surface area contributed by atoms with Crippen LogP contribution >= 0.6 is 0 Å². The first-order chi connectivity index (χ1) is 20.1. The van der Waals surface area contributed by atoms with E-state index in [1.165, 1.54) is 29.4 Å². The number of rotatable bonds is 9. The number of hydrogen-bond acceptors (Lipinski definition) is 4. The molecule has 4 nitrogen and oxygen atoms in total. The largest absolute Gasteiger partial charge is 0.454 e. The highest BCUT2D eigenvalue weighted by atomic mass is 16.6. The highest BCUT2D eigenvalue weighted by Crippen LogP contribution is 2.51. The predicted octanol–water partition coefficient (Wildman–Crippen LogP) is 7.61. The lowest BCUT2D eigenvalue weighted by molar-refractivity contribution is -0.163. The van der Waals surface area contributed by atoms with Crippen molar-refractivity contribution in [3.63, 3.8) is 0 Å². The minimum absolute atomic E-state index is 0.283. The summed E-state index contributed by atoms with van der Waals surface area (Å²) >= 11 is 0. The van der Waals surface area contributed by atoms with Crippen LogP contribution < -0.4 is 5.32 Å². The second kappa shape index (κ2) is 11.5. The lowest BCUT2D eigenvalue weighted by atomic mass is 9.79. The minimum atomic E-state index is -0.828. The van der Waals surface area contributed by atoms with Crippen molar-refractivity contribution in [1.29, 1.82) is 0 Å². The predicted molar refractivity (Wildman–Crippen MR) is 162 cm³/mol. The van der Waals surface area contributed by atoms with Crippen molar-refractivity contribution >= 4 is 5.97 Å². The van der Waals surface area contributed by atoms with Crippen LogP contribution in [0.25, 0.3) is 11.1 Å². The van der Waals surface area contributed by atoms with E-state index in [4.69, 9.17) is 9.47 Å². The Morgan fingerprint density at radius 2 is 1.10 bits per heavy atom. The fraction of sp³-hybridized carbons (Fsp3) is 0.162. The van der Waals surface area contributed by atoms with Crippen LogP contribution in [0.4, 0.5) is 0 Å². The number of nitrogens with one attached hydrogen (secondary N) is 1. The van der Waals surface area contributed by atoms with Crippen LogP contribution in [0.1, 0.15) is 46.9 Å². The average Bonchev–Trinajstić information content (AvgIpc) is 3.32. The number of esters is 1. The van der Waals surface area contributed by atoms with E-state index in [-0.39, 0.29) is 6.04 Å². The van der Waals surface area contributed by atoms with Crippen LogP contribution in [0.15, 0.2) is 140 Å². The van der Waals surface area contributed by atoms with Crippen LogP contribution in [0.3, 0.4) is 0 Å². The first kappa shape index (κ1) is 26.7. The molecule has 0 unspecified atom stereocenters. The number of carbonyl (C=O) groups is 1. The number of benzene rings is 5. The molecule has 41 heavy (non-hydrogen) atoms. The molecular formula is C37H33NO3. The zero-order chi connectivity index (χ0) is 28.2. The van der Waals surface area contributed by atoms with Crippen molar-refractivity contribution in [2.24, 2.45) is 0 Å². The van der Waals surface area contributed by atoms with E-state index in [1.54, 1.807) is 0 Å². The molecule has 4 heteroatoms. The lowest BCUT2D eigenvalue weighted by Gasteiger charge is -2.39. The SMILES string of the molecule is CO[C@@H](C(=O)O[C@H](c1ccccc1)[C@H](C)NC1(c2ccccc2)c2ccccc2-c2ccccc21)c1ccccc1. The molecule has 0 saturated heterocycles. The molecule has 0 aromatic heterocycles. The normalized spacial score (nSPS) is 15.3. The molecule has 1 aliphatic carbocycles. The number of hydrogen-bond donors (Lipinski definition) is 1. The lowest BCUT2D eigenvalue weighted by Crippen LogP contribution is -2.50. The molecule has 0 bridgehead atoms. The first-order valence-electron chi connectivity index (χ1n) is 14.0. The van der Waals surface area contributed by atoms with Gasteiger partial charge in [-0.3, -0.25) is 5.32 Å². The maximum Gasteiger partial charge on any atom is 0.340 e. The molecular weight excluding hydrogens is 506 g/mol. The smallest absolute Gasteiger partial charge is 0.340 e. The Kier molecular flexibility index (Phi) is 7.51. The Hall–Kier alpha value is -4.51. The van der Waals surface area contributed by atoms with Gasteiger partial charge in [0, 0.05) is 13.2 Å². The molecule has 3 atom stereocenters. The number of methoxy groups -OCH3 is 1. The van der Waals surface area contributed by atoms with Gasteiger partial charge in [-0.2, -0.15) is 0 Å². The summed E-state index contributed by atoms with van der Waals surface area (Å²) in [6.07, 6.45) is -1.41. The summed E-state index contributed by atoms with van der Waals surface area (Å²) in [6.45, 7) is 2.09. The fourth-order valence-electron chi connectivity index (χ4n) is 6.17. The summed E-state index contributed by atoms with van der Waals surface area (Å²) in [7, 11) is 1.54. The molecule has 204 valence electrons. The molecule has 1 N–H and O–H groups in total. The van der Waals surface area contributed by atoms with Gasteiger partial charge >= 0.3 is 5.97 Å². The third kappa shape index (κ3) is 4.86. The van der Waals surface area contributed by atoms with Crippen molar-refractivity contribution in [2.45, 2.75) is 30.7 Å². The number of carbonyl (C=O) groups excluding carboxylic acids is 1. The number of fused-ring (bicyclic) bond motifs is 3. The van der Waals surface area contributed by atoms with E-state index in [9.17, 15) is 4.79 Å². The van der Waals surface area contributed by atoms with Crippen LogP contribution in [0.2, 0.25) is 0 Å². The minimum Gasteiger partial charge on any atom is -0.454 e. The standard InChI is InChI=1S/C37H33NO3/c1-26(34(27-16-6-3-7-17-27)41-36(39)35(40-2)28-18-8-4-9-19-28)38-37(29-20-10-5-11-21-29)32-24-14-12-22-30(32)31-23-13-15-25-33(31)37/h3-26,34-35,38H,1-2H3/t26-,34-,35+/m0/s1. The van der Waals surface area contributed by atoms with Gasteiger partial charge in [0.2, 0.25) is 0 Å². The third-order valence-corrected chi connectivity index (χ3v) is 7.98. The summed E-state index contributed by atoms with van der Waals surface area (Å²) < 4.78 is 12.0. The first-order valence-corrected chi connectivity index (χ1v) is 14.0. The summed E-state index contributed by atoms with van der Waals surface area (Å²) in [5.74, 6) is -0.429. The third-order valence-electron chi connectivity index (χ3n) is 7.98. The molecule has 0 heterocycles. The second-order valence-electron chi connectivity index (χ2n) is 10.4. The Balaban J connectivity index is 1.44. The van der Waals surface area contributed by atoms with Gasteiger partial charge in [0.15, 0.2) is 6.10 Å². The molecule has 0 saturated carbocycles. The van der Waals surface area contributed by atoms with Gasteiger partial charge in [-0.1, -0.05) is 140 Å². The summed E-state index contributed by atoms with van der Waals surface area (Å²) in [5, 5.41) is 4.00. The van der Waals surface area contributed by atoms with Crippen molar-refractivity contribution in [1.82, 2.24) is 5.32 Å². The Morgan fingerprint density at radius 1 is 0.634 bits per heavy atom. The van der Waals surface area contributed by atoms with E-state index < -0.39 is 23.7 Å². The Morgan fingerprint density at radius 3 is 1.63 bits per heavy atom. The zero-order valence-corrected chi connectivity index (χ0v) is 23.2. The molecule has 0 amide bonds. The van der Waals surface area contributed by atoms with Gasteiger partial charge in [-0.05, 0) is 45.9 Å². The molecule has 0 aliphatic heterocycles. The molecule has 5 aromatic rings. The monoisotopic (exact) mass is 539 g/mol. The number of ether oxygens (including phenoxy) is 2. The quantitative estimate of drug-likeness (QED) is 0.196. The topological polar surface area (TPSA) is 47.6 Å². The van der Waals surface area contributed by atoms with E-state index >= 15 is 0 Å². The van der Waals surface area contributed by atoms with Gasteiger partial charge in [-0.15, -0.1) is 0 Å². The molecule has 0 spiro atoms. The van der Waals surface area contributed by atoms with Crippen LogP contribution in [0.5, 0.6) is 0 Å². The van der Waals surface area contributed by atoms with Gasteiger partial charge < -0.3 is 9.47 Å². The van der Waals surface area contributed by atoms with Crippen molar-refractivity contribution in [3.05, 3.63) is 167 Å². The molecule has 5 aromatic carbocycles. The molecule has 0 fully saturated rings. The summed E-state index contributed by atoms with van der Waals surface area (Å²) in [6, 6.07) is 46.7. The highest BCUT2D eigenvalue weighted by Gasteiger charge is 2.46. The van der Waals surface area contributed by atoms with E-state index in [2.05, 4.69) is 85.0 Å². The Bertz CT molecular complexity index is 1570. The van der Waals surface area contributed by atoms with Gasteiger partial charge in [0.25, 0.3) is 0 Å². The maximum absolute atomic E-state index is 13.7. The van der Waals surface area contributed by atoms with Crippen LogP contribution in [-0.2, 0) is 19.8 Å².